The highest BCUT2D eigenvalue weighted by Gasteiger charge is 2.72. The van der Waals surface area contributed by atoms with E-state index in [-0.39, 0.29) is 35.6 Å². The molecular formula is C33H37N3O4S. The Morgan fingerprint density at radius 1 is 0.951 bits per heavy atom. The van der Waals surface area contributed by atoms with Gasteiger partial charge in [0.05, 0.1) is 29.2 Å². The number of nitrogens with zero attached hydrogens (tertiary/aromatic N) is 3. The Labute approximate surface area is 245 Å². The van der Waals surface area contributed by atoms with Crippen molar-refractivity contribution in [3.05, 3.63) is 90.5 Å². The van der Waals surface area contributed by atoms with Crippen molar-refractivity contribution < 1.29 is 19.5 Å². The minimum atomic E-state index is -0.925. The number of hydrogen-bond acceptors (Lipinski definition) is 5. The average Bonchev–Trinajstić information content (AvgIpc) is 3.30. The second kappa shape index (κ2) is 11.1. The second-order valence-electron chi connectivity index (χ2n) is 11.4. The van der Waals surface area contributed by atoms with E-state index < -0.39 is 28.7 Å². The number of amides is 3. The number of anilines is 1. The van der Waals surface area contributed by atoms with Crippen molar-refractivity contribution in [3.8, 4) is 0 Å². The molecule has 2 fully saturated rings. The molecule has 1 N–H and O–H groups in total. The predicted molar refractivity (Wildman–Crippen MR) is 161 cm³/mol. The summed E-state index contributed by atoms with van der Waals surface area (Å²) in [5.74, 6) is -1.82. The molecule has 41 heavy (non-hydrogen) atoms. The lowest BCUT2D eigenvalue weighted by molar-refractivity contribution is -0.146. The van der Waals surface area contributed by atoms with E-state index >= 15 is 0 Å². The van der Waals surface area contributed by atoms with Crippen LogP contribution in [-0.2, 0) is 14.4 Å². The Morgan fingerprint density at radius 3 is 2.34 bits per heavy atom. The number of fused-ring (bicyclic) bond motifs is 2. The smallest absolute Gasteiger partial charge is 0.247 e. The number of aliphatic hydroxyl groups is 1. The van der Waals surface area contributed by atoms with Crippen LogP contribution in [0.3, 0.4) is 0 Å². The first kappa shape index (κ1) is 27.8. The molecule has 214 valence electrons. The molecule has 4 aliphatic rings. The van der Waals surface area contributed by atoms with Crippen LogP contribution in [0.5, 0.6) is 0 Å². The van der Waals surface area contributed by atoms with E-state index in [1.807, 2.05) is 83.8 Å². The van der Waals surface area contributed by atoms with Crippen LogP contribution in [0.25, 0.3) is 0 Å². The molecule has 0 aliphatic carbocycles. The number of carbonyl (C=O) groups excluding carboxylic acids is 3. The molecule has 0 bridgehead atoms. The standard InChI is InChI=1S/C33H37N3O4S/c1-3-12-22(2)34-20-11-18-33-28(27-26(41-33)17-10-19-35(30(27)38)24-15-8-5-9-16-24)31(39)36(29(33)32(34)40)25(21-37)23-13-6-4-7-14-23/h4-11,13-18,22,25-29,37H,3,12,19-21H2,1-2H3/t22?,25-,26+,27-,28+,29?,33+/m1/s1. The van der Waals surface area contributed by atoms with E-state index in [1.165, 1.54) is 0 Å². The molecule has 1 spiro atoms. The van der Waals surface area contributed by atoms with E-state index in [0.717, 1.165) is 24.1 Å². The Morgan fingerprint density at radius 2 is 1.66 bits per heavy atom. The number of benzene rings is 2. The maximum Gasteiger partial charge on any atom is 0.247 e. The van der Waals surface area contributed by atoms with Crippen LogP contribution in [0.4, 0.5) is 5.69 Å². The molecule has 4 heterocycles. The molecule has 0 radical (unpaired) electrons. The van der Waals surface area contributed by atoms with Gasteiger partial charge in [-0.15, -0.1) is 11.8 Å². The van der Waals surface area contributed by atoms with Crippen LogP contribution in [0.2, 0.25) is 0 Å². The molecular weight excluding hydrogens is 534 g/mol. The molecule has 6 rings (SSSR count). The monoisotopic (exact) mass is 571 g/mol. The summed E-state index contributed by atoms with van der Waals surface area (Å²) in [5, 5.41) is 10.5. The molecule has 2 unspecified atom stereocenters. The van der Waals surface area contributed by atoms with Crippen LogP contribution in [0.15, 0.2) is 85.0 Å². The third-order valence-corrected chi connectivity index (χ3v) is 10.9. The molecule has 3 amide bonds. The maximum absolute atomic E-state index is 14.7. The maximum atomic E-state index is 14.7. The van der Waals surface area contributed by atoms with Gasteiger partial charge in [0.1, 0.15) is 6.04 Å². The lowest BCUT2D eigenvalue weighted by Gasteiger charge is -2.40. The van der Waals surface area contributed by atoms with Gasteiger partial charge in [-0.1, -0.05) is 86.2 Å². The van der Waals surface area contributed by atoms with Crippen LogP contribution in [0.1, 0.15) is 38.3 Å². The Balaban J connectivity index is 1.48. The summed E-state index contributed by atoms with van der Waals surface area (Å²) in [6.07, 6.45) is 9.92. The van der Waals surface area contributed by atoms with Crippen LogP contribution in [-0.4, -0.2) is 74.4 Å². The van der Waals surface area contributed by atoms with Gasteiger partial charge < -0.3 is 19.8 Å². The highest BCUT2D eigenvalue weighted by atomic mass is 32.2. The van der Waals surface area contributed by atoms with Gasteiger partial charge in [0.15, 0.2) is 0 Å². The lowest BCUT2D eigenvalue weighted by Crippen LogP contribution is -2.55. The number of thioether (sulfide) groups is 1. The van der Waals surface area contributed by atoms with Gasteiger partial charge in [0, 0.05) is 30.1 Å². The topological polar surface area (TPSA) is 81.2 Å². The van der Waals surface area contributed by atoms with Crippen molar-refractivity contribution in [1.82, 2.24) is 9.80 Å². The molecule has 7 atom stereocenters. The van der Waals surface area contributed by atoms with Crippen LogP contribution >= 0.6 is 11.8 Å². The number of likely N-dealkylation sites (tertiary alicyclic amines) is 1. The first-order valence-corrected chi connectivity index (χ1v) is 15.5. The predicted octanol–water partition coefficient (Wildman–Crippen LogP) is 4.21. The van der Waals surface area contributed by atoms with E-state index in [9.17, 15) is 19.5 Å². The summed E-state index contributed by atoms with van der Waals surface area (Å²) in [6, 6.07) is 17.4. The first-order valence-electron chi connectivity index (χ1n) is 14.6. The van der Waals surface area contributed by atoms with E-state index in [0.29, 0.717) is 13.1 Å². The number of hydrogen-bond donors (Lipinski definition) is 1. The lowest BCUT2D eigenvalue weighted by atomic mass is 9.78. The van der Waals surface area contributed by atoms with Gasteiger partial charge in [0.2, 0.25) is 17.7 Å². The molecule has 2 aromatic rings. The Bertz CT molecular complexity index is 1370. The van der Waals surface area contributed by atoms with Gasteiger partial charge >= 0.3 is 0 Å². The molecule has 2 saturated heterocycles. The van der Waals surface area contributed by atoms with E-state index in [2.05, 4.69) is 19.9 Å². The van der Waals surface area contributed by atoms with Crippen molar-refractivity contribution in [2.24, 2.45) is 11.8 Å². The average molecular weight is 572 g/mol. The third kappa shape index (κ3) is 4.43. The minimum Gasteiger partial charge on any atom is -0.394 e. The zero-order chi connectivity index (χ0) is 28.7. The van der Waals surface area contributed by atoms with Crippen molar-refractivity contribution in [2.45, 2.75) is 54.8 Å². The number of carbonyl (C=O) groups is 3. The second-order valence-corrected chi connectivity index (χ2v) is 12.9. The normalized spacial score (nSPS) is 30.5. The first-order chi connectivity index (χ1) is 19.9. The summed E-state index contributed by atoms with van der Waals surface area (Å²) in [6.45, 7) is 4.73. The Kier molecular flexibility index (Phi) is 7.55. The minimum absolute atomic E-state index is 0.000385. The van der Waals surface area contributed by atoms with Crippen LogP contribution < -0.4 is 4.90 Å². The summed E-state index contributed by atoms with van der Waals surface area (Å²) in [4.78, 5) is 49.0. The quantitative estimate of drug-likeness (QED) is 0.504. The van der Waals surface area contributed by atoms with Crippen molar-refractivity contribution in [1.29, 1.82) is 0 Å². The molecule has 0 aromatic heterocycles. The van der Waals surface area contributed by atoms with Crippen molar-refractivity contribution >= 4 is 35.2 Å². The zero-order valence-corrected chi connectivity index (χ0v) is 24.3. The van der Waals surface area contributed by atoms with E-state index in [1.54, 1.807) is 21.6 Å². The van der Waals surface area contributed by atoms with Gasteiger partial charge in [-0.3, -0.25) is 14.4 Å². The van der Waals surface area contributed by atoms with E-state index in [4.69, 9.17) is 0 Å². The summed E-state index contributed by atoms with van der Waals surface area (Å²) in [5.41, 5.74) is 1.56. The fourth-order valence-electron chi connectivity index (χ4n) is 7.27. The fraction of sp³-hybridized carbons (Fsp3) is 0.424. The van der Waals surface area contributed by atoms with Crippen molar-refractivity contribution in [2.75, 3.05) is 24.6 Å². The largest absolute Gasteiger partial charge is 0.394 e. The van der Waals surface area contributed by atoms with Gasteiger partial charge in [-0.25, -0.2) is 0 Å². The highest BCUT2D eigenvalue weighted by molar-refractivity contribution is 8.02. The number of rotatable bonds is 7. The van der Waals surface area contributed by atoms with Crippen LogP contribution in [0, 0.1) is 11.8 Å². The highest BCUT2D eigenvalue weighted by Crippen LogP contribution is 2.62. The summed E-state index contributed by atoms with van der Waals surface area (Å²) < 4.78 is -0.925. The summed E-state index contributed by atoms with van der Waals surface area (Å²) in [7, 11) is 0. The van der Waals surface area contributed by atoms with Gasteiger partial charge in [-0.2, -0.15) is 0 Å². The molecule has 2 aromatic carbocycles. The van der Waals surface area contributed by atoms with Gasteiger partial charge in [-0.05, 0) is 31.0 Å². The SMILES string of the molecule is CCCC(C)N1CC=C[C@]23S[C@H]4C=CCN(c5ccccc5)C(=O)[C@H]4[C@H]2C(=O)N([C@H](CO)c2ccccc2)C3C1=O. The number of para-hydroxylation sites is 1. The third-order valence-electron chi connectivity index (χ3n) is 9.13. The van der Waals surface area contributed by atoms with Crippen molar-refractivity contribution in [3.63, 3.8) is 0 Å². The van der Waals surface area contributed by atoms with Gasteiger partial charge in [0.25, 0.3) is 0 Å². The zero-order valence-electron chi connectivity index (χ0n) is 23.5. The number of aliphatic hydroxyl groups excluding tert-OH is 1. The molecule has 7 nitrogen and oxygen atoms in total. The fourth-order valence-corrected chi connectivity index (χ4v) is 9.26. The molecule has 8 heteroatoms. The summed E-state index contributed by atoms with van der Waals surface area (Å²) >= 11 is 1.57. The Hall–Kier alpha value is -3.36. The molecule has 0 saturated carbocycles. The molecule has 4 aliphatic heterocycles.